The Kier molecular flexibility index (Phi) is 7.06. The minimum Gasteiger partial charge on any atom is -0.494 e. The van der Waals surface area contributed by atoms with Gasteiger partial charge in [-0.05, 0) is 29.3 Å². The summed E-state index contributed by atoms with van der Waals surface area (Å²) in [5.74, 6) is 1.53. The van der Waals surface area contributed by atoms with Gasteiger partial charge in [-0.2, -0.15) is 0 Å². The highest BCUT2D eigenvalue weighted by Gasteiger charge is 2.03. The molecule has 0 unspecified atom stereocenters. The van der Waals surface area contributed by atoms with Gasteiger partial charge in [0.25, 0.3) is 0 Å². The summed E-state index contributed by atoms with van der Waals surface area (Å²) >= 11 is 0. The Morgan fingerprint density at radius 1 is 1.08 bits per heavy atom. The second-order valence-corrected chi connectivity index (χ2v) is 8.03. The van der Waals surface area contributed by atoms with Crippen molar-refractivity contribution in [1.29, 1.82) is 0 Å². The van der Waals surface area contributed by atoms with Gasteiger partial charge in [0.2, 0.25) is 0 Å². The van der Waals surface area contributed by atoms with E-state index in [1.807, 2.05) is 24.3 Å². The van der Waals surface area contributed by atoms with Crippen molar-refractivity contribution in [2.24, 2.45) is 4.99 Å². The van der Waals surface area contributed by atoms with Gasteiger partial charge in [-0.25, -0.2) is 8.42 Å². The topological polar surface area (TPSA) is 79.8 Å². The molecule has 0 amide bonds. The monoisotopic (exact) mass is 363 g/mol. The van der Waals surface area contributed by atoms with Crippen LogP contribution >= 0.6 is 0 Å². The Balaban J connectivity index is 1.67. The third-order valence-electron chi connectivity index (χ3n) is 3.59. The smallest absolute Gasteiger partial charge is 0.191 e. The largest absolute Gasteiger partial charge is 0.494 e. The Bertz CT molecular complexity index is 819. The third-order valence-corrected chi connectivity index (χ3v) is 4.54. The summed E-state index contributed by atoms with van der Waals surface area (Å²) in [7, 11) is -1.31. The Morgan fingerprint density at radius 2 is 1.80 bits per heavy atom. The molecule has 2 aromatic rings. The van der Waals surface area contributed by atoms with Crippen molar-refractivity contribution in [2.45, 2.75) is 6.42 Å². The van der Waals surface area contributed by atoms with Crippen LogP contribution in [0.2, 0.25) is 0 Å². The van der Waals surface area contributed by atoms with Crippen LogP contribution in [0.15, 0.2) is 47.5 Å². The lowest BCUT2D eigenvalue weighted by Gasteiger charge is -2.12. The van der Waals surface area contributed by atoms with Crippen molar-refractivity contribution in [1.82, 2.24) is 10.6 Å². The number of hydrogen-bond acceptors (Lipinski definition) is 4. The fraction of sp³-hybridized carbons (Fsp3) is 0.389. The SMILES string of the molecule is CN=C(NCCCOc1ccc2ccccc2c1)NCCS(C)(=O)=O. The summed E-state index contributed by atoms with van der Waals surface area (Å²) in [5.41, 5.74) is 0. The van der Waals surface area contributed by atoms with E-state index >= 15 is 0 Å². The van der Waals surface area contributed by atoms with E-state index in [1.54, 1.807) is 7.05 Å². The molecule has 2 N–H and O–H groups in total. The molecule has 2 aromatic carbocycles. The van der Waals surface area contributed by atoms with Crippen molar-refractivity contribution in [2.75, 3.05) is 38.8 Å². The molecule has 0 bridgehead atoms. The quantitative estimate of drug-likeness (QED) is 0.425. The predicted molar refractivity (Wildman–Crippen MR) is 103 cm³/mol. The summed E-state index contributed by atoms with van der Waals surface area (Å²) in [6, 6.07) is 14.2. The first-order chi connectivity index (χ1) is 12.0. The Labute approximate surface area is 149 Å². The van der Waals surface area contributed by atoms with Crippen molar-refractivity contribution < 1.29 is 13.2 Å². The maximum Gasteiger partial charge on any atom is 0.191 e. The van der Waals surface area contributed by atoms with Crippen LogP contribution in [-0.4, -0.2) is 53.1 Å². The zero-order chi connectivity index (χ0) is 18.1. The number of ether oxygens (including phenoxy) is 1. The summed E-state index contributed by atoms with van der Waals surface area (Å²) in [4.78, 5) is 4.06. The van der Waals surface area contributed by atoms with Crippen LogP contribution in [0.25, 0.3) is 10.8 Å². The molecule has 0 aromatic heterocycles. The molecular formula is C18H25N3O3S. The van der Waals surface area contributed by atoms with Crippen LogP contribution in [0.5, 0.6) is 5.75 Å². The second-order valence-electron chi connectivity index (χ2n) is 5.77. The van der Waals surface area contributed by atoms with Crippen LogP contribution in [0.3, 0.4) is 0 Å². The van der Waals surface area contributed by atoms with Crippen molar-refractivity contribution in [3.63, 3.8) is 0 Å². The van der Waals surface area contributed by atoms with E-state index in [1.165, 1.54) is 11.6 Å². The summed E-state index contributed by atoms with van der Waals surface area (Å²) < 4.78 is 28.0. The molecule has 0 aliphatic rings. The second kappa shape index (κ2) is 9.27. The number of rotatable bonds is 8. The number of sulfone groups is 1. The van der Waals surface area contributed by atoms with Gasteiger partial charge < -0.3 is 15.4 Å². The zero-order valence-electron chi connectivity index (χ0n) is 14.7. The number of nitrogens with one attached hydrogen (secondary N) is 2. The average Bonchev–Trinajstić information content (AvgIpc) is 2.58. The Hall–Kier alpha value is -2.28. The summed E-state index contributed by atoms with van der Waals surface area (Å²) in [5, 5.41) is 8.46. The molecule has 6 nitrogen and oxygen atoms in total. The number of nitrogens with zero attached hydrogens (tertiary/aromatic N) is 1. The lowest BCUT2D eigenvalue weighted by Crippen LogP contribution is -2.40. The fourth-order valence-electron chi connectivity index (χ4n) is 2.30. The first-order valence-corrected chi connectivity index (χ1v) is 10.3. The molecule has 0 aliphatic heterocycles. The van der Waals surface area contributed by atoms with Gasteiger partial charge in [0.1, 0.15) is 15.6 Å². The molecule has 0 fully saturated rings. The highest BCUT2D eigenvalue weighted by Crippen LogP contribution is 2.20. The van der Waals surface area contributed by atoms with Gasteiger partial charge in [-0.1, -0.05) is 30.3 Å². The van der Waals surface area contributed by atoms with E-state index in [0.717, 1.165) is 17.6 Å². The van der Waals surface area contributed by atoms with Gasteiger partial charge >= 0.3 is 0 Å². The van der Waals surface area contributed by atoms with Gasteiger partial charge in [-0.3, -0.25) is 4.99 Å². The number of benzene rings is 2. The maximum atomic E-state index is 11.1. The van der Waals surface area contributed by atoms with E-state index in [2.05, 4.69) is 33.8 Å². The first-order valence-electron chi connectivity index (χ1n) is 8.22. The van der Waals surface area contributed by atoms with Crippen LogP contribution in [0.4, 0.5) is 0 Å². The first kappa shape index (κ1) is 19.1. The molecule has 0 heterocycles. The average molecular weight is 363 g/mol. The van der Waals surface area contributed by atoms with Gasteiger partial charge in [0, 0.05) is 26.4 Å². The van der Waals surface area contributed by atoms with E-state index < -0.39 is 9.84 Å². The molecule has 0 radical (unpaired) electrons. The molecule has 136 valence electrons. The van der Waals surface area contributed by atoms with Gasteiger partial charge in [0.15, 0.2) is 5.96 Å². The minimum atomic E-state index is -2.97. The molecule has 0 atom stereocenters. The predicted octanol–water partition coefficient (Wildman–Crippen LogP) is 1.82. The van der Waals surface area contributed by atoms with E-state index in [9.17, 15) is 8.42 Å². The van der Waals surface area contributed by atoms with Crippen LogP contribution < -0.4 is 15.4 Å². The highest BCUT2D eigenvalue weighted by atomic mass is 32.2. The standard InChI is InChI=1S/C18H25N3O3S/c1-19-18(21-11-13-25(2,22)23)20-10-5-12-24-17-9-8-15-6-3-4-7-16(15)14-17/h3-4,6-9,14H,5,10-13H2,1-2H3,(H2,19,20,21). The van der Waals surface area contributed by atoms with Crippen molar-refractivity contribution >= 4 is 26.6 Å². The van der Waals surface area contributed by atoms with Crippen LogP contribution in [-0.2, 0) is 9.84 Å². The summed E-state index contributed by atoms with van der Waals surface area (Å²) in [6.07, 6.45) is 2.02. The van der Waals surface area contributed by atoms with E-state index in [4.69, 9.17) is 4.74 Å². The molecule has 0 aliphatic carbocycles. The van der Waals surface area contributed by atoms with Crippen LogP contribution in [0, 0.1) is 0 Å². The van der Waals surface area contributed by atoms with Crippen molar-refractivity contribution in [3.8, 4) is 5.75 Å². The van der Waals surface area contributed by atoms with E-state index in [-0.39, 0.29) is 5.75 Å². The molecular weight excluding hydrogens is 338 g/mol. The molecule has 7 heteroatoms. The number of aliphatic imine (C=N–C) groups is 1. The number of fused-ring (bicyclic) bond motifs is 1. The zero-order valence-corrected chi connectivity index (χ0v) is 15.5. The molecule has 0 saturated carbocycles. The lowest BCUT2D eigenvalue weighted by atomic mass is 10.1. The number of hydrogen-bond donors (Lipinski definition) is 2. The lowest BCUT2D eigenvalue weighted by molar-refractivity contribution is 0.311. The van der Waals surface area contributed by atoms with Crippen LogP contribution in [0.1, 0.15) is 6.42 Å². The van der Waals surface area contributed by atoms with Gasteiger partial charge in [0.05, 0.1) is 12.4 Å². The summed E-state index contributed by atoms with van der Waals surface area (Å²) in [6.45, 7) is 1.61. The maximum absolute atomic E-state index is 11.1. The molecule has 2 rings (SSSR count). The molecule has 0 spiro atoms. The number of guanidine groups is 1. The van der Waals surface area contributed by atoms with Crippen molar-refractivity contribution in [3.05, 3.63) is 42.5 Å². The minimum absolute atomic E-state index is 0.0821. The fourth-order valence-corrected chi connectivity index (χ4v) is 2.77. The highest BCUT2D eigenvalue weighted by molar-refractivity contribution is 7.90. The van der Waals surface area contributed by atoms with Gasteiger partial charge in [-0.15, -0.1) is 0 Å². The molecule has 0 saturated heterocycles. The third kappa shape index (κ3) is 7.01. The normalized spacial score (nSPS) is 12.2. The molecule has 25 heavy (non-hydrogen) atoms. The van der Waals surface area contributed by atoms with E-state index in [0.29, 0.717) is 25.7 Å². The Morgan fingerprint density at radius 3 is 2.52 bits per heavy atom.